The summed E-state index contributed by atoms with van der Waals surface area (Å²) in [4.78, 5) is 14.3. The average Bonchev–Trinajstić information content (AvgIpc) is 2.86. The van der Waals surface area contributed by atoms with Gasteiger partial charge in [0.2, 0.25) is 5.91 Å². The summed E-state index contributed by atoms with van der Waals surface area (Å²) in [5.74, 6) is 2.09. The third-order valence-electron chi connectivity index (χ3n) is 4.48. The molecule has 16 heavy (non-hydrogen) atoms. The molecule has 3 unspecified atom stereocenters. The molecule has 1 amide bonds. The van der Waals surface area contributed by atoms with Gasteiger partial charge in [0.15, 0.2) is 0 Å². The van der Waals surface area contributed by atoms with E-state index in [0.717, 1.165) is 32.7 Å². The van der Waals surface area contributed by atoms with E-state index in [1.54, 1.807) is 0 Å². The molecule has 0 spiro atoms. The van der Waals surface area contributed by atoms with Crippen LogP contribution in [0.5, 0.6) is 0 Å². The fourth-order valence-electron chi connectivity index (χ4n) is 3.62. The number of likely N-dealkylation sites (tertiary alicyclic amines) is 1. The molecule has 0 N–H and O–H groups in total. The molecule has 3 heteroatoms. The average molecular weight is 223 g/mol. The first-order valence-electron chi connectivity index (χ1n) is 6.71. The minimum Gasteiger partial charge on any atom is -0.381 e. The first-order chi connectivity index (χ1) is 7.84. The summed E-state index contributed by atoms with van der Waals surface area (Å²) in [5, 5.41) is 0. The van der Waals surface area contributed by atoms with Gasteiger partial charge in [-0.25, -0.2) is 0 Å². The lowest BCUT2D eigenvalue weighted by molar-refractivity contribution is -0.132. The molecular formula is C13H21NO2. The Morgan fingerprint density at radius 1 is 1.25 bits per heavy atom. The highest BCUT2D eigenvalue weighted by molar-refractivity contribution is 5.81. The maximum atomic E-state index is 12.1. The molecule has 0 radical (unpaired) electrons. The molecule has 3 aliphatic rings. The van der Waals surface area contributed by atoms with Crippen LogP contribution < -0.4 is 0 Å². The van der Waals surface area contributed by atoms with E-state index in [-0.39, 0.29) is 0 Å². The number of hydrogen-bond donors (Lipinski definition) is 0. The molecule has 3 atom stereocenters. The van der Waals surface area contributed by atoms with Crippen molar-refractivity contribution in [2.45, 2.75) is 32.1 Å². The topological polar surface area (TPSA) is 29.5 Å². The quantitative estimate of drug-likeness (QED) is 0.712. The second-order valence-electron chi connectivity index (χ2n) is 5.62. The fraction of sp³-hybridized carbons (Fsp3) is 0.923. The minimum absolute atomic E-state index is 0.379. The summed E-state index contributed by atoms with van der Waals surface area (Å²) in [6.45, 7) is 3.75. The van der Waals surface area contributed by atoms with E-state index in [1.165, 1.54) is 25.7 Å². The highest BCUT2D eigenvalue weighted by Gasteiger charge is 2.43. The number of ether oxygens (including phenoxy) is 1. The summed E-state index contributed by atoms with van der Waals surface area (Å²) in [6, 6.07) is 0. The van der Waals surface area contributed by atoms with Crippen LogP contribution in [0, 0.1) is 17.8 Å². The van der Waals surface area contributed by atoms with Gasteiger partial charge in [-0.3, -0.25) is 4.79 Å². The molecule has 3 rings (SSSR count). The molecule has 0 aromatic heterocycles. The largest absolute Gasteiger partial charge is 0.381 e. The van der Waals surface area contributed by atoms with E-state index in [1.807, 2.05) is 0 Å². The van der Waals surface area contributed by atoms with Gasteiger partial charge < -0.3 is 9.64 Å². The number of rotatable bonds is 2. The van der Waals surface area contributed by atoms with Crippen molar-refractivity contribution in [2.24, 2.45) is 17.8 Å². The van der Waals surface area contributed by atoms with E-state index in [9.17, 15) is 4.79 Å². The number of fused-ring (bicyclic) bond motifs is 1. The van der Waals surface area contributed by atoms with E-state index in [2.05, 4.69) is 4.90 Å². The molecule has 0 bridgehead atoms. The SMILES string of the molecule is O=C1C2CCCC2CN1CC1CCCOC1. The second kappa shape index (κ2) is 4.36. The lowest BCUT2D eigenvalue weighted by Gasteiger charge is -2.27. The van der Waals surface area contributed by atoms with Crippen LogP contribution in [0.25, 0.3) is 0 Å². The lowest BCUT2D eigenvalue weighted by Crippen LogP contribution is -2.35. The Kier molecular flexibility index (Phi) is 2.88. The standard InChI is InChI=1S/C13H21NO2/c15-13-12-5-1-4-11(12)8-14(13)7-10-3-2-6-16-9-10/h10-12H,1-9H2. The van der Waals surface area contributed by atoms with Crippen LogP contribution in [0.2, 0.25) is 0 Å². The fourth-order valence-corrected chi connectivity index (χ4v) is 3.62. The molecule has 2 heterocycles. The van der Waals surface area contributed by atoms with Crippen LogP contribution in [0.15, 0.2) is 0 Å². The van der Waals surface area contributed by atoms with E-state index in [0.29, 0.717) is 23.7 Å². The Balaban J connectivity index is 1.57. The van der Waals surface area contributed by atoms with Crippen LogP contribution in [0.4, 0.5) is 0 Å². The molecule has 1 saturated carbocycles. The number of carbonyl (C=O) groups is 1. The second-order valence-corrected chi connectivity index (χ2v) is 5.62. The Bertz CT molecular complexity index is 273. The predicted molar refractivity (Wildman–Crippen MR) is 61.0 cm³/mol. The highest BCUT2D eigenvalue weighted by Crippen LogP contribution is 2.39. The molecule has 90 valence electrons. The van der Waals surface area contributed by atoms with Gasteiger partial charge in [0.1, 0.15) is 0 Å². The summed E-state index contributed by atoms with van der Waals surface area (Å²) >= 11 is 0. The maximum absolute atomic E-state index is 12.1. The monoisotopic (exact) mass is 223 g/mol. The zero-order chi connectivity index (χ0) is 11.0. The molecule has 0 aromatic rings. The van der Waals surface area contributed by atoms with Crippen LogP contribution >= 0.6 is 0 Å². The smallest absolute Gasteiger partial charge is 0.226 e. The Morgan fingerprint density at radius 3 is 2.94 bits per heavy atom. The number of carbonyl (C=O) groups excluding carboxylic acids is 1. The number of hydrogen-bond acceptors (Lipinski definition) is 2. The molecule has 2 saturated heterocycles. The molecule has 2 aliphatic heterocycles. The van der Waals surface area contributed by atoms with E-state index >= 15 is 0 Å². The van der Waals surface area contributed by atoms with Crippen LogP contribution in [0.3, 0.4) is 0 Å². The van der Waals surface area contributed by atoms with Crippen molar-refractivity contribution in [2.75, 3.05) is 26.3 Å². The van der Waals surface area contributed by atoms with Crippen molar-refractivity contribution in [3.63, 3.8) is 0 Å². The van der Waals surface area contributed by atoms with Crippen molar-refractivity contribution in [3.05, 3.63) is 0 Å². The van der Waals surface area contributed by atoms with Crippen LogP contribution in [-0.2, 0) is 9.53 Å². The summed E-state index contributed by atoms with van der Waals surface area (Å²) in [7, 11) is 0. The first kappa shape index (κ1) is 10.6. The van der Waals surface area contributed by atoms with Gasteiger partial charge >= 0.3 is 0 Å². The van der Waals surface area contributed by atoms with Gasteiger partial charge in [0.25, 0.3) is 0 Å². The van der Waals surface area contributed by atoms with E-state index < -0.39 is 0 Å². The first-order valence-corrected chi connectivity index (χ1v) is 6.71. The molecule has 3 nitrogen and oxygen atoms in total. The normalized spacial score (nSPS) is 39.1. The van der Waals surface area contributed by atoms with Crippen molar-refractivity contribution < 1.29 is 9.53 Å². The number of amides is 1. The van der Waals surface area contributed by atoms with Gasteiger partial charge in [-0.2, -0.15) is 0 Å². The van der Waals surface area contributed by atoms with Crippen molar-refractivity contribution in [1.82, 2.24) is 4.90 Å². The van der Waals surface area contributed by atoms with Gasteiger partial charge in [0.05, 0.1) is 6.61 Å². The van der Waals surface area contributed by atoms with Crippen molar-refractivity contribution >= 4 is 5.91 Å². The molecule has 0 aromatic carbocycles. The molecule has 1 aliphatic carbocycles. The molecular weight excluding hydrogens is 202 g/mol. The molecule has 3 fully saturated rings. The summed E-state index contributed by atoms with van der Waals surface area (Å²) < 4.78 is 5.48. The van der Waals surface area contributed by atoms with Gasteiger partial charge in [0, 0.05) is 25.6 Å². The minimum atomic E-state index is 0.379. The highest BCUT2D eigenvalue weighted by atomic mass is 16.5. The Labute approximate surface area is 97.1 Å². The Hall–Kier alpha value is -0.570. The predicted octanol–water partition coefficient (Wildman–Crippen LogP) is 1.67. The summed E-state index contributed by atoms with van der Waals surface area (Å²) in [6.07, 6.45) is 6.08. The number of nitrogens with zero attached hydrogens (tertiary/aromatic N) is 1. The lowest BCUT2D eigenvalue weighted by atomic mass is 10.0. The third-order valence-corrected chi connectivity index (χ3v) is 4.48. The van der Waals surface area contributed by atoms with Gasteiger partial charge in [-0.15, -0.1) is 0 Å². The van der Waals surface area contributed by atoms with Gasteiger partial charge in [-0.05, 0) is 37.5 Å². The maximum Gasteiger partial charge on any atom is 0.226 e. The van der Waals surface area contributed by atoms with E-state index in [4.69, 9.17) is 4.74 Å². The Morgan fingerprint density at radius 2 is 2.19 bits per heavy atom. The third kappa shape index (κ3) is 1.86. The zero-order valence-electron chi connectivity index (χ0n) is 9.86. The van der Waals surface area contributed by atoms with Crippen molar-refractivity contribution in [1.29, 1.82) is 0 Å². The van der Waals surface area contributed by atoms with Crippen molar-refractivity contribution in [3.8, 4) is 0 Å². The zero-order valence-corrected chi connectivity index (χ0v) is 9.86. The van der Waals surface area contributed by atoms with Crippen LogP contribution in [-0.4, -0.2) is 37.1 Å². The van der Waals surface area contributed by atoms with Gasteiger partial charge in [-0.1, -0.05) is 6.42 Å². The summed E-state index contributed by atoms with van der Waals surface area (Å²) in [5.41, 5.74) is 0. The van der Waals surface area contributed by atoms with Crippen LogP contribution in [0.1, 0.15) is 32.1 Å².